The van der Waals surface area contributed by atoms with E-state index in [2.05, 4.69) is 47.1 Å². The average molecular weight is 285 g/mol. The molecule has 112 valence electrons. The van der Waals surface area contributed by atoms with Crippen molar-refractivity contribution < 1.29 is 1.43 Å². The van der Waals surface area contributed by atoms with Crippen molar-refractivity contribution in [1.29, 1.82) is 0 Å². The molecule has 2 N–H and O–H groups in total. The van der Waals surface area contributed by atoms with Gasteiger partial charge in [0, 0.05) is 19.7 Å². The summed E-state index contributed by atoms with van der Waals surface area (Å²) in [4.78, 5) is 4.51. The molecule has 0 saturated carbocycles. The third-order valence-corrected chi connectivity index (χ3v) is 3.20. The monoisotopic (exact) mass is 285 g/mol. The van der Waals surface area contributed by atoms with E-state index in [0.717, 1.165) is 48.3 Å². The van der Waals surface area contributed by atoms with E-state index in [1.54, 1.807) is 6.20 Å². The molecular weight excluding hydrogens is 262 g/mol. The largest absolute Gasteiger partial charge is 0.320 e. The molecule has 2 heterocycles. The zero-order valence-electron chi connectivity index (χ0n) is 12.6. The minimum atomic E-state index is 0. The Morgan fingerprint density at radius 2 is 2.24 bits per heavy atom. The highest BCUT2D eigenvalue weighted by Crippen LogP contribution is 2.20. The van der Waals surface area contributed by atoms with Crippen LogP contribution < -0.4 is 5.73 Å². The second kappa shape index (κ2) is 7.55. The predicted octanol–water partition coefficient (Wildman–Crippen LogP) is 2.26. The highest BCUT2D eigenvalue weighted by Gasteiger charge is 2.10. The summed E-state index contributed by atoms with van der Waals surface area (Å²) in [5, 5.41) is 8.39. The number of nitrogens with two attached hydrogens (primary N) is 1. The quantitative estimate of drug-likeness (QED) is 0.855. The van der Waals surface area contributed by atoms with Crippen LogP contribution in [0.1, 0.15) is 39.2 Å². The lowest BCUT2D eigenvalue weighted by Gasteiger charge is -2.04. The van der Waals surface area contributed by atoms with E-state index in [9.17, 15) is 0 Å². The summed E-state index contributed by atoms with van der Waals surface area (Å²) in [7, 11) is 0. The number of rotatable bonds is 5. The van der Waals surface area contributed by atoms with Gasteiger partial charge in [-0.3, -0.25) is 9.67 Å². The molecule has 2 aromatic rings. The van der Waals surface area contributed by atoms with Crippen LogP contribution in [0.4, 0.5) is 0 Å². The molecule has 5 nitrogen and oxygen atoms in total. The van der Waals surface area contributed by atoms with Crippen molar-refractivity contribution in [3.05, 3.63) is 29.6 Å². The summed E-state index contributed by atoms with van der Waals surface area (Å²) >= 11 is 0. The van der Waals surface area contributed by atoms with Crippen LogP contribution in [0.25, 0.3) is 11.4 Å². The molecule has 21 heavy (non-hydrogen) atoms. The SMILES string of the molecule is CCCCn1cc(-c2ncc(C#CCN)cc2CC)nn1.[HH]. The number of pyridine rings is 1. The first-order valence-electron chi connectivity index (χ1n) is 7.36. The number of hydrogen-bond acceptors (Lipinski definition) is 4. The van der Waals surface area contributed by atoms with Crippen molar-refractivity contribution in [3.63, 3.8) is 0 Å². The van der Waals surface area contributed by atoms with Crippen LogP contribution in [0.15, 0.2) is 18.5 Å². The molecule has 0 unspecified atom stereocenters. The van der Waals surface area contributed by atoms with Crippen molar-refractivity contribution in [1.82, 2.24) is 20.0 Å². The predicted molar refractivity (Wildman–Crippen MR) is 85.6 cm³/mol. The molecule has 0 aliphatic heterocycles. The van der Waals surface area contributed by atoms with Gasteiger partial charge >= 0.3 is 0 Å². The number of hydrogen-bond donors (Lipinski definition) is 1. The number of aromatic nitrogens is 4. The Kier molecular flexibility index (Phi) is 5.47. The van der Waals surface area contributed by atoms with Gasteiger partial charge in [0.15, 0.2) is 0 Å². The Hall–Kier alpha value is -2.19. The Balaban J connectivity index is 0.00000242. The van der Waals surface area contributed by atoms with Gasteiger partial charge in [-0.15, -0.1) is 5.10 Å². The minimum Gasteiger partial charge on any atom is -0.320 e. The molecule has 0 amide bonds. The van der Waals surface area contributed by atoms with Gasteiger partial charge in [0.05, 0.1) is 18.4 Å². The molecule has 0 atom stereocenters. The van der Waals surface area contributed by atoms with Crippen LogP contribution in [-0.2, 0) is 13.0 Å². The van der Waals surface area contributed by atoms with Gasteiger partial charge in [0.1, 0.15) is 5.69 Å². The molecule has 0 aliphatic carbocycles. The van der Waals surface area contributed by atoms with E-state index in [1.807, 2.05) is 10.9 Å². The fourth-order valence-electron chi connectivity index (χ4n) is 2.07. The van der Waals surface area contributed by atoms with E-state index in [1.165, 1.54) is 0 Å². The van der Waals surface area contributed by atoms with Crippen molar-refractivity contribution in [2.24, 2.45) is 5.73 Å². The second-order valence-corrected chi connectivity index (χ2v) is 4.81. The van der Waals surface area contributed by atoms with Gasteiger partial charge in [0.2, 0.25) is 0 Å². The average Bonchev–Trinajstić information content (AvgIpc) is 2.99. The van der Waals surface area contributed by atoms with Crippen molar-refractivity contribution in [3.8, 4) is 23.2 Å². The summed E-state index contributed by atoms with van der Waals surface area (Å²) in [5.74, 6) is 5.86. The molecule has 2 rings (SSSR count). The van der Waals surface area contributed by atoms with Crippen LogP contribution in [0.3, 0.4) is 0 Å². The molecule has 0 bridgehead atoms. The first-order chi connectivity index (χ1) is 10.3. The topological polar surface area (TPSA) is 69.6 Å². The second-order valence-electron chi connectivity index (χ2n) is 4.81. The lowest BCUT2D eigenvalue weighted by atomic mass is 10.1. The van der Waals surface area contributed by atoms with Gasteiger partial charge in [-0.1, -0.05) is 37.3 Å². The zero-order chi connectivity index (χ0) is 15.1. The van der Waals surface area contributed by atoms with Crippen molar-refractivity contribution >= 4 is 0 Å². The van der Waals surface area contributed by atoms with Crippen molar-refractivity contribution in [2.45, 2.75) is 39.7 Å². The maximum atomic E-state index is 5.40. The first-order valence-corrected chi connectivity index (χ1v) is 7.36. The Morgan fingerprint density at radius 3 is 2.95 bits per heavy atom. The summed E-state index contributed by atoms with van der Waals surface area (Å²) in [5.41, 5.74) is 9.12. The number of unbranched alkanes of at least 4 members (excludes halogenated alkanes) is 1. The smallest absolute Gasteiger partial charge is 0.131 e. The minimum absolute atomic E-state index is 0. The van der Waals surface area contributed by atoms with Crippen LogP contribution in [0.2, 0.25) is 0 Å². The maximum absolute atomic E-state index is 5.40. The summed E-state index contributed by atoms with van der Waals surface area (Å²) in [6, 6.07) is 2.05. The Morgan fingerprint density at radius 1 is 1.38 bits per heavy atom. The van der Waals surface area contributed by atoms with Crippen LogP contribution in [0.5, 0.6) is 0 Å². The number of aryl methyl sites for hydroxylation is 2. The fraction of sp³-hybridized carbons (Fsp3) is 0.438. The fourth-order valence-corrected chi connectivity index (χ4v) is 2.07. The van der Waals surface area contributed by atoms with Crippen LogP contribution in [-0.4, -0.2) is 26.5 Å². The van der Waals surface area contributed by atoms with Crippen LogP contribution >= 0.6 is 0 Å². The van der Waals surface area contributed by atoms with Gasteiger partial charge in [-0.05, 0) is 24.5 Å². The molecule has 0 radical (unpaired) electrons. The maximum Gasteiger partial charge on any atom is 0.131 e. The Bertz CT molecular complexity index is 654. The highest BCUT2D eigenvalue weighted by molar-refractivity contribution is 5.59. The molecule has 0 fully saturated rings. The lowest BCUT2D eigenvalue weighted by Crippen LogP contribution is -1.97. The summed E-state index contributed by atoms with van der Waals surface area (Å²) < 4.78 is 1.88. The number of nitrogens with zero attached hydrogens (tertiary/aromatic N) is 4. The first kappa shape index (κ1) is 15.2. The van der Waals surface area contributed by atoms with Gasteiger partial charge < -0.3 is 5.73 Å². The third kappa shape index (κ3) is 3.89. The van der Waals surface area contributed by atoms with Gasteiger partial charge in [0.25, 0.3) is 0 Å². The van der Waals surface area contributed by atoms with E-state index in [4.69, 9.17) is 5.73 Å². The van der Waals surface area contributed by atoms with Crippen molar-refractivity contribution in [2.75, 3.05) is 6.54 Å². The van der Waals surface area contributed by atoms with E-state index >= 15 is 0 Å². The summed E-state index contributed by atoms with van der Waals surface area (Å²) in [6.07, 6.45) is 6.85. The zero-order valence-corrected chi connectivity index (χ0v) is 12.6. The van der Waals surface area contributed by atoms with Crippen LogP contribution in [0, 0.1) is 11.8 Å². The molecule has 2 aromatic heterocycles. The van der Waals surface area contributed by atoms with Gasteiger partial charge in [-0.25, -0.2) is 0 Å². The van der Waals surface area contributed by atoms with E-state index in [-0.39, 0.29) is 1.43 Å². The normalized spacial score (nSPS) is 10.2. The molecular formula is C16H23N5. The lowest BCUT2D eigenvalue weighted by molar-refractivity contribution is 0.553. The standard InChI is InChI=1S/C16H21N5.H2/c1-3-5-9-21-12-15(19-20-21)16-14(4-2)10-13(11-18-16)7-6-8-17;/h10-12H,3-5,8-9,17H2,1-2H3;1H. The van der Waals surface area contributed by atoms with E-state index in [0.29, 0.717) is 6.54 Å². The molecule has 0 saturated heterocycles. The molecule has 0 aliphatic rings. The van der Waals surface area contributed by atoms with Gasteiger partial charge in [-0.2, -0.15) is 0 Å². The molecule has 0 spiro atoms. The third-order valence-electron chi connectivity index (χ3n) is 3.20. The van der Waals surface area contributed by atoms with E-state index < -0.39 is 0 Å². The summed E-state index contributed by atoms with van der Waals surface area (Å²) in [6.45, 7) is 5.51. The molecule has 5 heteroatoms. The molecule has 0 aromatic carbocycles. The highest BCUT2D eigenvalue weighted by atomic mass is 15.4. The Labute approximate surface area is 127 Å².